The molecule has 0 spiro atoms. The third-order valence-corrected chi connectivity index (χ3v) is 3.57. The highest BCUT2D eigenvalue weighted by Gasteiger charge is 2.37. The largest absolute Gasteiger partial charge is 0.508 e. The number of benzene rings is 1. The molecule has 1 aliphatic heterocycles. The molecule has 0 saturated carbocycles. The molecular weight excluding hydrogens is 330 g/mol. The number of hydrogen-bond donors (Lipinski definition) is 2. The van der Waals surface area contributed by atoms with Crippen LogP contribution < -0.4 is 5.73 Å². The van der Waals surface area contributed by atoms with E-state index in [1.165, 1.54) is 13.0 Å². The Balaban J connectivity index is 2.71. The summed E-state index contributed by atoms with van der Waals surface area (Å²) in [5.41, 5.74) is 5.38. The molecule has 0 fully saturated rings. The molecule has 1 unspecified atom stereocenters. The zero-order valence-corrected chi connectivity index (χ0v) is 13.5. The average molecular weight is 345 g/mol. The number of carbonyl (C=O) groups is 1. The van der Waals surface area contributed by atoms with Crippen molar-refractivity contribution in [2.45, 2.75) is 19.8 Å². The molecule has 0 bridgehead atoms. The number of allylic oxidation sites excluding steroid dienone is 2. The second-order valence-electron chi connectivity index (χ2n) is 5.15. The van der Waals surface area contributed by atoms with Crippen molar-refractivity contribution in [3.05, 3.63) is 56.7 Å². The van der Waals surface area contributed by atoms with Crippen LogP contribution in [-0.2, 0) is 14.3 Å². The minimum absolute atomic E-state index is 0.00695. The molecule has 0 aromatic heterocycles. The van der Waals surface area contributed by atoms with Gasteiger partial charge in [0.25, 0.3) is 5.69 Å². The number of nitrogens with two attached hydrogens (primary N) is 1. The fourth-order valence-electron chi connectivity index (χ4n) is 2.58. The number of ether oxygens (including phenoxy) is 2. The summed E-state index contributed by atoms with van der Waals surface area (Å²) in [4.78, 5) is 22.7. The molecule has 9 heteroatoms. The van der Waals surface area contributed by atoms with Gasteiger partial charge in [-0.3, -0.25) is 10.1 Å². The number of phenols is 1. The minimum Gasteiger partial charge on any atom is -0.508 e. The van der Waals surface area contributed by atoms with E-state index in [0.29, 0.717) is 0 Å². The number of nitro benzene ring substituents is 1. The van der Waals surface area contributed by atoms with Gasteiger partial charge in [-0.15, -0.1) is 0 Å². The molecule has 9 nitrogen and oxygen atoms in total. The molecule has 1 heterocycles. The zero-order chi connectivity index (χ0) is 18.7. The van der Waals surface area contributed by atoms with Crippen LogP contribution in [0.25, 0.3) is 0 Å². The Morgan fingerprint density at radius 3 is 2.76 bits per heavy atom. The van der Waals surface area contributed by atoms with Crippen LogP contribution in [0.3, 0.4) is 0 Å². The van der Waals surface area contributed by atoms with Crippen LogP contribution in [0.1, 0.15) is 25.3 Å². The van der Waals surface area contributed by atoms with Gasteiger partial charge in [0.15, 0.2) is 0 Å². The Morgan fingerprint density at radius 2 is 2.20 bits per heavy atom. The fourth-order valence-corrected chi connectivity index (χ4v) is 2.58. The zero-order valence-electron chi connectivity index (χ0n) is 13.5. The fraction of sp³-hybridized carbons (Fsp3) is 0.250. The molecule has 0 amide bonds. The van der Waals surface area contributed by atoms with E-state index < -0.39 is 22.5 Å². The lowest BCUT2D eigenvalue weighted by molar-refractivity contribution is -0.385. The van der Waals surface area contributed by atoms with E-state index in [-0.39, 0.29) is 40.7 Å². The molecule has 0 radical (unpaired) electrons. The maximum absolute atomic E-state index is 12.3. The maximum Gasteiger partial charge on any atom is 0.338 e. The van der Waals surface area contributed by atoms with Crippen molar-refractivity contribution < 1.29 is 24.3 Å². The first-order valence-corrected chi connectivity index (χ1v) is 7.23. The molecule has 1 aromatic rings. The Kier molecular flexibility index (Phi) is 4.93. The number of nitrogens with zero attached hydrogens (tertiary/aromatic N) is 2. The molecule has 1 aliphatic rings. The van der Waals surface area contributed by atoms with Crippen LogP contribution in [0.5, 0.6) is 5.75 Å². The summed E-state index contributed by atoms with van der Waals surface area (Å²) < 4.78 is 10.2. The Bertz CT molecular complexity index is 850. The van der Waals surface area contributed by atoms with Gasteiger partial charge in [0.1, 0.15) is 23.2 Å². The van der Waals surface area contributed by atoms with E-state index >= 15 is 0 Å². The van der Waals surface area contributed by atoms with Crippen molar-refractivity contribution in [1.29, 1.82) is 5.26 Å². The maximum atomic E-state index is 12.3. The van der Waals surface area contributed by atoms with Crippen LogP contribution in [0.15, 0.2) is 41.0 Å². The lowest BCUT2D eigenvalue weighted by atomic mass is 9.83. The Hall–Kier alpha value is -3.54. The standard InChI is InChI=1S/C16H15N3O6/c1-3-24-16(21)13-8(2)25-15(18)12(7-17)14(13)9-4-10(19(22)23)6-11(20)5-9/h4-6,14,20H,3,18H2,1-2H3. The molecular formula is C16H15N3O6. The smallest absolute Gasteiger partial charge is 0.338 e. The number of non-ortho nitro benzene ring substituents is 1. The number of phenolic OH excluding ortho intramolecular Hbond substituents is 1. The summed E-state index contributed by atoms with van der Waals surface area (Å²) in [5.74, 6) is -2.28. The molecule has 130 valence electrons. The van der Waals surface area contributed by atoms with E-state index in [1.807, 2.05) is 6.07 Å². The summed E-state index contributed by atoms with van der Waals surface area (Å²) in [5, 5.41) is 30.3. The van der Waals surface area contributed by atoms with Gasteiger partial charge in [0, 0.05) is 6.07 Å². The summed E-state index contributed by atoms with van der Waals surface area (Å²) in [7, 11) is 0. The van der Waals surface area contributed by atoms with E-state index in [4.69, 9.17) is 15.2 Å². The number of carbonyl (C=O) groups excluding carboxylic acids is 1. The van der Waals surface area contributed by atoms with Gasteiger partial charge < -0.3 is 20.3 Å². The molecule has 0 saturated heterocycles. The van der Waals surface area contributed by atoms with Crippen molar-refractivity contribution in [2.75, 3.05) is 6.61 Å². The topological polar surface area (TPSA) is 149 Å². The number of nitro groups is 1. The quantitative estimate of drug-likeness (QED) is 0.477. The molecule has 1 aromatic carbocycles. The van der Waals surface area contributed by atoms with Crippen molar-refractivity contribution in [2.24, 2.45) is 5.73 Å². The second kappa shape index (κ2) is 6.92. The van der Waals surface area contributed by atoms with E-state index in [9.17, 15) is 25.3 Å². The van der Waals surface area contributed by atoms with Crippen LogP contribution >= 0.6 is 0 Å². The molecule has 0 aliphatic carbocycles. The van der Waals surface area contributed by atoms with Crippen molar-refractivity contribution >= 4 is 11.7 Å². The highest BCUT2D eigenvalue weighted by Crippen LogP contribution is 2.41. The minimum atomic E-state index is -1.05. The number of aromatic hydroxyl groups is 1. The van der Waals surface area contributed by atoms with E-state index in [2.05, 4.69) is 0 Å². The molecule has 3 N–H and O–H groups in total. The van der Waals surface area contributed by atoms with Gasteiger partial charge in [-0.05, 0) is 25.5 Å². The van der Waals surface area contributed by atoms with Crippen LogP contribution in [0.4, 0.5) is 5.69 Å². The average Bonchev–Trinajstić information content (AvgIpc) is 2.53. The predicted octanol–water partition coefficient (Wildman–Crippen LogP) is 1.95. The third-order valence-electron chi connectivity index (χ3n) is 3.57. The van der Waals surface area contributed by atoms with Gasteiger partial charge in [-0.25, -0.2) is 4.79 Å². The third kappa shape index (κ3) is 3.37. The highest BCUT2D eigenvalue weighted by molar-refractivity contribution is 5.92. The number of hydrogen-bond acceptors (Lipinski definition) is 8. The van der Waals surface area contributed by atoms with Gasteiger partial charge in [0.2, 0.25) is 5.88 Å². The predicted molar refractivity (Wildman–Crippen MR) is 84.7 cm³/mol. The lowest BCUT2D eigenvalue weighted by Crippen LogP contribution is -2.25. The van der Waals surface area contributed by atoms with Gasteiger partial charge >= 0.3 is 5.97 Å². The van der Waals surface area contributed by atoms with Crippen molar-refractivity contribution in [3.63, 3.8) is 0 Å². The van der Waals surface area contributed by atoms with Crippen molar-refractivity contribution in [1.82, 2.24) is 0 Å². The van der Waals surface area contributed by atoms with Crippen LogP contribution in [0, 0.1) is 21.4 Å². The first kappa shape index (κ1) is 17.8. The Morgan fingerprint density at radius 1 is 1.52 bits per heavy atom. The van der Waals surface area contributed by atoms with E-state index in [0.717, 1.165) is 12.1 Å². The summed E-state index contributed by atoms with van der Waals surface area (Å²) in [6.45, 7) is 3.17. The number of nitriles is 1. The monoisotopic (exact) mass is 345 g/mol. The first-order chi connectivity index (χ1) is 11.8. The molecule has 1 atom stereocenters. The van der Waals surface area contributed by atoms with Gasteiger partial charge in [0.05, 0.1) is 29.1 Å². The number of esters is 1. The normalized spacial score (nSPS) is 16.9. The molecule has 25 heavy (non-hydrogen) atoms. The second-order valence-corrected chi connectivity index (χ2v) is 5.15. The first-order valence-electron chi connectivity index (χ1n) is 7.23. The lowest BCUT2D eigenvalue weighted by Gasteiger charge is -2.26. The van der Waals surface area contributed by atoms with Crippen LogP contribution in [-0.4, -0.2) is 22.6 Å². The Labute approximate surface area is 142 Å². The summed E-state index contributed by atoms with van der Waals surface area (Å²) >= 11 is 0. The highest BCUT2D eigenvalue weighted by atomic mass is 16.6. The van der Waals surface area contributed by atoms with Gasteiger partial charge in [-0.2, -0.15) is 5.26 Å². The summed E-state index contributed by atoms with van der Waals surface area (Å²) in [6, 6.07) is 5.20. The van der Waals surface area contributed by atoms with Crippen molar-refractivity contribution in [3.8, 4) is 11.8 Å². The number of rotatable bonds is 4. The van der Waals surface area contributed by atoms with Crippen LogP contribution in [0.2, 0.25) is 0 Å². The van der Waals surface area contributed by atoms with Gasteiger partial charge in [-0.1, -0.05) is 0 Å². The summed E-state index contributed by atoms with van der Waals surface area (Å²) in [6.07, 6.45) is 0. The SMILES string of the molecule is CCOC(=O)C1=C(C)OC(N)=C(C#N)C1c1cc(O)cc([N+](=O)[O-])c1. The molecule has 2 rings (SSSR count). The van der Waals surface area contributed by atoms with E-state index in [1.54, 1.807) is 6.92 Å².